The number of fused-ring (bicyclic) bond motifs is 1. The van der Waals surface area contributed by atoms with Crippen molar-refractivity contribution >= 4 is 39.9 Å². The Bertz CT molecular complexity index is 1220. The molecule has 0 fully saturated rings. The van der Waals surface area contributed by atoms with Gasteiger partial charge in [0.1, 0.15) is 11.6 Å². The normalized spacial score (nSPS) is 10.7. The van der Waals surface area contributed by atoms with Gasteiger partial charge >= 0.3 is 0 Å². The van der Waals surface area contributed by atoms with E-state index in [1.807, 2.05) is 29.6 Å². The van der Waals surface area contributed by atoms with Gasteiger partial charge < -0.3 is 10.1 Å². The van der Waals surface area contributed by atoms with Crippen LogP contribution in [0.3, 0.4) is 0 Å². The molecule has 0 atom stereocenters. The molecule has 4 rings (SSSR count). The Morgan fingerprint density at radius 2 is 2.00 bits per heavy atom. The molecule has 10 heteroatoms. The van der Waals surface area contributed by atoms with Crippen molar-refractivity contribution in [3.63, 3.8) is 0 Å². The monoisotopic (exact) mass is 408 g/mol. The number of para-hydroxylation sites is 1. The van der Waals surface area contributed by atoms with Crippen LogP contribution in [0.25, 0.3) is 16.2 Å². The van der Waals surface area contributed by atoms with E-state index in [-0.39, 0.29) is 11.9 Å². The lowest BCUT2D eigenvalue weighted by atomic mass is 10.1. The zero-order valence-electron chi connectivity index (χ0n) is 15.5. The SMILES string of the molecule is COc1ccccc1-c1csc2nc(NC(=O)c3ccnc(NC(C)=O)c3)nn12. The third kappa shape index (κ3) is 3.78. The van der Waals surface area contributed by atoms with Gasteiger partial charge in [0.05, 0.1) is 12.8 Å². The van der Waals surface area contributed by atoms with Crippen molar-refractivity contribution in [1.82, 2.24) is 19.6 Å². The highest BCUT2D eigenvalue weighted by Crippen LogP contribution is 2.32. The average Bonchev–Trinajstić information content (AvgIpc) is 3.27. The van der Waals surface area contributed by atoms with Gasteiger partial charge in [0.2, 0.25) is 10.9 Å². The first-order chi connectivity index (χ1) is 14.0. The molecule has 146 valence electrons. The molecule has 9 nitrogen and oxygen atoms in total. The molecule has 0 aliphatic rings. The summed E-state index contributed by atoms with van der Waals surface area (Å²) in [7, 11) is 1.61. The lowest BCUT2D eigenvalue weighted by molar-refractivity contribution is -0.114. The Morgan fingerprint density at radius 3 is 2.79 bits per heavy atom. The molecule has 0 spiro atoms. The highest BCUT2D eigenvalue weighted by atomic mass is 32.1. The molecule has 0 saturated heterocycles. The summed E-state index contributed by atoms with van der Waals surface area (Å²) in [6, 6.07) is 10.6. The molecule has 0 unspecified atom stereocenters. The number of methoxy groups -OCH3 is 1. The summed E-state index contributed by atoms with van der Waals surface area (Å²) in [5.74, 6) is 0.514. The summed E-state index contributed by atoms with van der Waals surface area (Å²) in [5, 5.41) is 11.6. The van der Waals surface area contributed by atoms with Crippen LogP contribution in [0.1, 0.15) is 17.3 Å². The van der Waals surface area contributed by atoms with Crippen molar-refractivity contribution < 1.29 is 14.3 Å². The second kappa shape index (κ2) is 7.68. The maximum absolute atomic E-state index is 12.5. The molecular weight excluding hydrogens is 392 g/mol. The molecule has 0 aliphatic heterocycles. The molecule has 2 amide bonds. The summed E-state index contributed by atoms with van der Waals surface area (Å²) in [4.78, 5) is 32.7. The summed E-state index contributed by atoms with van der Waals surface area (Å²) in [5.41, 5.74) is 2.01. The average molecular weight is 408 g/mol. The van der Waals surface area contributed by atoms with Gasteiger partial charge in [-0.3, -0.25) is 14.9 Å². The largest absolute Gasteiger partial charge is 0.496 e. The number of pyridine rings is 1. The van der Waals surface area contributed by atoms with Gasteiger partial charge in [-0.15, -0.1) is 16.4 Å². The van der Waals surface area contributed by atoms with Crippen LogP contribution < -0.4 is 15.4 Å². The van der Waals surface area contributed by atoms with E-state index >= 15 is 0 Å². The zero-order chi connectivity index (χ0) is 20.4. The van der Waals surface area contributed by atoms with E-state index in [4.69, 9.17) is 4.74 Å². The van der Waals surface area contributed by atoms with E-state index in [1.165, 1.54) is 30.5 Å². The van der Waals surface area contributed by atoms with Gasteiger partial charge in [-0.1, -0.05) is 12.1 Å². The maximum Gasteiger partial charge on any atom is 0.258 e. The van der Waals surface area contributed by atoms with Crippen molar-refractivity contribution in [2.45, 2.75) is 6.92 Å². The first-order valence-electron chi connectivity index (χ1n) is 8.58. The molecular formula is C19H16N6O3S. The molecule has 2 N–H and O–H groups in total. The fourth-order valence-electron chi connectivity index (χ4n) is 2.77. The summed E-state index contributed by atoms with van der Waals surface area (Å²) in [6.45, 7) is 1.37. The molecule has 3 aromatic heterocycles. The van der Waals surface area contributed by atoms with Crippen LogP contribution in [0, 0.1) is 0 Å². The molecule has 0 saturated carbocycles. The standard InChI is InChI=1S/C19H16N6O3S/c1-11(26)21-16-9-12(7-8-20-16)17(27)22-18-23-19-25(24-18)14(10-29-19)13-5-3-4-6-15(13)28-2/h3-10H,1-2H3,(H,20,21,26)(H,22,24,27). The first kappa shape index (κ1) is 18.6. The van der Waals surface area contributed by atoms with Crippen LogP contribution >= 0.6 is 11.3 Å². The molecule has 1 aromatic carbocycles. The Morgan fingerprint density at radius 1 is 1.17 bits per heavy atom. The van der Waals surface area contributed by atoms with Crippen LogP contribution in [-0.4, -0.2) is 38.5 Å². The number of rotatable bonds is 5. The molecule has 0 bridgehead atoms. The third-order valence-electron chi connectivity index (χ3n) is 4.02. The summed E-state index contributed by atoms with van der Waals surface area (Å²) in [6.07, 6.45) is 1.44. The number of carbonyl (C=O) groups is 2. The van der Waals surface area contributed by atoms with Crippen molar-refractivity contribution in [2.24, 2.45) is 0 Å². The van der Waals surface area contributed by atoms with E-state index in [1.54, 1.807) is 17.7 Å². The van der Waals surface area contributed by atoms with Gasteiger partial charge in [0.15, 0.2) is 0 Å². The Labute approximate surface area is 169 Å². The van der Waals surface area contributed by atoms with Gasteiger partial charge in [-0.05, 0) is 24.3 Å². The molecule has 3 heterocycles. The van der Waals surface area contributed by atoms with Gasteiger partial charge in [-0.2, -0.15) is 4.98 Å². The van der Waals surface area contributed by atoms with Crippen LogP contribution in [-0.2, 0) is 4.79 Å². The van der Waals surface area contributed by atoms with Crippen LogP contribution in [0.15, 0.2) is 48.0 Å². The Kier molecular flexibility index (Phi) is 4.92. The van der Waals surface area contributed by atoms with E-state index in [0.717, 1.165) is 17.0 Å². The predicted octanol–water partition coefficient (Wildman–Crippen LogP) is 3.07. The van der Waals surface area contributed by atoms with Crippen LogP contribution in [0.5, 0.6) is 5.75 Å². The number of nitrogens with one attached hydrogen (secondary N) is 2. The zero-order valence-corrected chi connectivity index (χ0v) is 16.4. The predicted molar refractivity (Wildman–Crippen MR) is 109 cm³/mol. The quantitative estimate of drug-likeness (QED) is 0.525. The molecule has 0 aliphatic carbocycles. The van der Waals surface area contributed by atoms with Crippen LogP contribution in [0.4, 0.5) is 11.8 Å². The fraction of sp³-hybridized carbons (Fsp3) is 0.105. The molecule has 0 radical (unpaired) electrons. The number of hydrogen-bond donors (Lipinski definition) is 2. The molecule has 4 aromatic rings. The van der Waals surface area contributed by atoms with E-state index < -0.39 is 5.91 Å². The van der Waals surface area contributed by atoms with Crippen molar-refractivity contribution in [3.05, 3.63) is 53.5 Å². The fourth-order valence-corrected chi connectivity index (χ4v) is 3.59. The smallest absolute Gasteiger partial charge is 0.258 e. The minimum absolute atomic E-state index is 0.177. The second-order valence-corrected chi connectivity index (χ2v) is 6.85. The number of benzene rings is 1. The minimum Gasteiger partial charge on any atom is -0.496 e. The van der Waals surface area contributed by atoms with Gasteiger partial charge in [0, 0.05) is 29.6 Å². The lowest BCUT2D eigenvalue weighted by Crippen LogP contribution is -2.14. The number of aromatic nitrogens is 4. The van der Waals surface area contributed by atoms with Crippen molar-refractivity contribution in [1.29, 1.82) is 0 Å². The number of ether oxygens (including phenoxy) is 1. The van der Waals surface area contributed by atoms with Crippen molar-refractivity contribution in [2.75, 3.05) is 17.7 Å². The van der Waals surface area contributed by atoms with Gasteiger partial charge in [-0.25, -0.2) is 9.50 Å². The summed E-state index contributed by atoms with van der Waals surface area (Å²) >= 11 is 1.41. The summed E-state index contributed by atoms with van der Waals surface area (Å²) < 4.78 is 7.08. The minimum atomic E-state index is -0.406. The molecule has 29 heavy (non-hydrogen) atoms. The number of anilines is 2. The lowest BCUT2D eigenvalue weighted by Gasteiger charge is -2.06. The van der Waals surface area contributed by atoms with E-state index in [9.17, 15) is 9.59 Å². The highest BCUT2D eigenvalue weighted by molar-refractivity contribution is 7.15. The number of carbonyl (C=O) groups excluding carboxylic acids is 2. The number of hydrogen-bond acceptors (Lipinski definition) is 7. The Balaban J connectivity index is 1.61. The third-order valence-corrected chi connectivity index (χ3v) is 4.83. The van der Waals surface area contributed by atoms with Crippen LogP contribution in [0.2, 0.25) is 0 Å². The number of amides is 2. The van der Waals surface area contributed by atoms with E-state index in [2.05, 4.69) is 25.7 Å². The Hall–Kier alpha value is -3.79. The van der Waals surface area contributed by atoms with Gasteiger partial charge in [0.25, 0.3) is 11.9 Å². The second-order valence-electron chi connectivity index (χ2n) is 6.02. The number of nitrogens with zero attached hydrogens (tertiary/aromatic N) is 4. The topological polar surface area (TPSA) is 111 Å². The van der Waals surface area contributed by atoms with Crippen molar-refractivity contribution in [3.8, 4) is 17.0 Å². The highest BCUT2D eigenvalue weighted by Gasteiger charge is 2.16. The van der Waals surface area contributed by atoms with E-state index in [0.29, 0.717) is 16.3 Å². The maximum atomic E-state index is 12.5. The number of thiazole rings is 1. The first-order valence-corrected chi connectivity index (χ1v) is 9.46.